The quantitative estimate of drug-likeness (QED) is 0.322. The third-order valence-electron chi connectivity index (χ3n) is 2.97. The predicted octanol–water partition coefficient (Wildman–Crippen LogP) is 0.679. The van der Waals surface area contributed by atoms with Gasteiger partial charge >= 0.3 is 0 Å². The highest BCUT2D eigenvalue weighted by atomic mass is 32.2. The Kier molecular flexibility index (Phi) is 8.23. The fourth-order valence-electron chi connectivity index (χ4n) is 2.01. The largest absolute Gasteiger partial charge is 0.467 e. The molecular formula is C15H28N4O4S. The van der Waals surface area contributed by atoms with Gasteiger partial charge in [-0.25, -0.2) is 13.1 Å². The second kappa shape index (κ2) is 9.65. The van der Waals surface area contributed by atoms with Gasteiger partial charge in [0.05, 0.1) is 12.5 Å². The maximum atomic E-state index is 11.3. The van der Waals surface area contributed by atoms with E-state index in [1.807, 2.05) is 12.1 Å². The van der Waals surface area contributed by atoms with E-state index in [1.165, 1.54) is 0 Å². The summed E-state index contributed by atoms with van der Waals surface area (Å²) in [6.07, 6.45) is 3.58. The molecule has 0 aliphatic heterocycles. The number of furan rings is 1. The van der Waals surface area contributed by atoms with Crippen LogP contribution in [0.1, 0.15) is 26.0 Å². The van der Waals surface area contributed by atoms with Crippen LogP contribution in [0.15, 0.2) is 27.8 Å². The van der Waals surface area contributed by atoms with Crippen molar-refractivity contribution < 1.29 is 17.6 Å². The number of rotatable bonds is 10. The molecule has 24 heavy (non-hydrogen) atoms. The fourth-order valence-corrected chi connectivity index (χ4v) is 3.09. The second-order valence-electron chi connectivity index (χ2n) is 6.10. The van der Waals surface area contributed by atoms with Crippen molar-refractivity contribution in [3.8, 4) is 0 Å². The summed E-state index contributed by atoms with van der Waals surface area (Å²) in [5.41, 5.74) is -0.614. The molecule has 0 radical (unpaired) electrons. The summed E-state index contributed by atoms with van der Waals surface area (Å²) in [5, 5.41) is 6.26. The van der Waals surface area contributed by atoms with Crippen molar-refractivity contribution >= 4 is 16.0 Å². The van der Waals surface area contributed by atoms with Gasteiger partial charge in [0.1, 0.15) is 12.4 Å². The Morgan fingerprint density at radius 2 is 2.12 bits per heavy atom. The van der Waals surface area contributed by atoms with Crippen molar-refractivity contribution in [1.29, 1.82) is 0 Å². The highest BCUT2D eigenvalue weighted by molar-refractivity contribution is 7.88. The molecule has 1 rings (SSSR count). The first-order valence-electron chi connectivity index (χ1n) is 7.75. The molecule has 1 aromatic heterocycles. The number of nitrogens with one attached hydrogen (secondary N) is 3. The van der Waals surface area contributed by atoms with Gasteiger partial charge in [-0.2, -0.15) is 0 Å². The van der Waals surface area contributed by atoms with Crippen LogP contribution in [0, 0.1) is 0 Å². The number of guanidine groups is 1. The number of hydrogen-bond acceptors (Lipinski definition) is 5. The summed E-state index contributed by atoms with van der Waals surface area (Å²) in [7, 11) is -1.59. The van der Waals surface area contributed by atoms with Gasteiger partial charge in [-0.15, -0.1) is 0 Å². The van der Waals surface area contributed by atoms with Crippen LogP contribution >= 0.6 is 0 Å². The normalized spacial score (nSPS) is 13.1. The smallest absolute Gasteiger partial charge is 0.209 e. The van der Waals surface area contributed by atoms with Crippen molar-refractivity contribution in [2.45, 2.75) is 32.4 Å². The first-order chi connectivity index (χ1) is 11.2. The Labute approximate surface area is 144 Å². The zero-order chi connectivity index (χ0) is 18.1. The summed E-state index contributed by atoms with van der Waals surface area (Å²) in [6.45, 7) is 5.78. The molecule has 0 saturated carbocycles. The van der Waals surface area contributed by atoms with Crippen molar-refractivity contribution in [2.24, 2.45) is 4.99 Å². The Hall–Kier alpha value is -1.58. The molecule has 0 fully saturated rings. The van der Waals surface area contributed by atoms with Crippen LogP contribution in [0.5, 0.6) is 0 Å². The highest BCUT2D eigenvalue weighted by Gasteiger charge is 2.22. The maximum absolute atomic E-state index is 11.3. The van der Waals surface area contributed by atoms with Crippen molar-refractivity contribution in [1.82, 2.24) is 15.4 Å². The monoisotopic (exact) mass is 360 g/mol. The van der Waals surface area contributed by atoms with E-state index < -0.39 is 15.6 Å². The molecule has 138 valence electrons. The number of sulfonamides is 1. The van der Waals surface area contributed by atoms with Gasteiger partial charge in [0.25, 0.3) is 0 Å². The highest BCUT2D eigenvalue weighted by Crippen LogP contribution is 2.02. The molecule has 8 nitrogen and oxygen atoms in total. The standard InChI is InChI=1S/C15H28N4O4S/c1-15(2,19-24(4,20)21)12-18-14(16-3)17-8-6-9-22-11-13-7-5-10-23-13/h5,7,10,19H,6,8-9,11-12H2,1-4H3,(H2,16,17,18). The van der Waals surface area contributed by atoms with Crippen LogP contribution in [0.2, 0.25) is 0 Å². The third kappa shape index (κ3) is 9.53. The molecule has 0 unspecified atom stereocenters. The molecule has 0 spiro atoms. The summed E-state index contributed by atoms with van der Waals surface area (Å²) in [5.74, 6) is 1.42. The van der Waals surface area contributed by atoms with Gasteiger partial charge in [-0.1, -0.05) is 0 Å². The van der Waals surface area contributed by atoms with Gasteiger partial charge in [0.2, 0.25) is 10.0 Å². The van der Waals surface area contributed by atoms with Crippen molar-refractivity contribution in [3.63, 3.8) is 0 Å². The first kappa shape index (κ1) is 20.5. The van der Waals surface area contributed by atoms with Gasteiger partial charge in [-0.3, -0.25) is 4.99 Å². The molecule has 1 heterocycles. The summed E-state index contributed by atoms with van der Waals surface area (Å²) < 4.78 is 35.9. The van der Waals surface area contributed by atoms with Crippen LogP contribution in [-0.2, 0) is 21.4 Å². The average molecular weight is 360 g/mol. The topological polar surface area (TPSA) is 105 Å². The van der Waals surface area contributed by atoms with Crippen LogP contribution in [0.25, 0.3) is 0 Å². The second-order valence-corrected chi connectivity index (χ2v) is 7.84. The molecular weight excluding hydrogens is 332 g/mol. The van der Waals surface area contributed by atoms with E-state index in [0.29, 0.717) is 32.3 Å². The average Bonchev–Trinajstić information content (AvgIpc) is 2.96. The number of ether oxygens (including phenoxy) is 1. The number of nitrogens with zero attached hydrogens (tertiary/aromatic N) is 1. The Balaban J connectivity index is 2.18. The third-order valence-corrected chi connectivity index (χ3v) is 3.89. The lowest BCUT2D eigenvalue weighted by atomic mass is 10.1. The molecule has 9 heteroatoms. The molecule has 0 atom stereocenters. The lowest BCUT2D eigenvalue weighted by molar-refractivity contribution is 0.105. The minimum absolute atomic E-state index is 0.411. The van der Waals surface area contributed by atoms with Gasteiger partial charge < -0.3 is 19.8 Å². The van der Waals surface area contributed by atoms with Crippen molar-refractivity contribution in [3.05, 3.63) is 24.2 Å². The Morgan fingerprint density at radius 3 is 2.71 bits per heavy atom. The zero-order valence-corrected chi connectivity index (χ0v) is 15.6. The van der Waals surface area contributed by atoms with E-state index in [-0.39, 0.29) is 0 Å². The van der Waals surface area contributed by atoms with Crippen molar-refractivity contribution in [2.75, 3.05) is 33.0 Å². The Bertz CT molecular complexity index is 597. The summed E-state index contributed by atoms with van der Waals surface area (Å²) in [4.78, 5) is 4.11. The molecule has 0 aliphatic rings. The minimum atomic E-state index is -3.26. The fraction of sp³-hybridized carbons (Fsp3) is 0.667. The lowest BCUT2D eigenvalue weighted by Gasteiger charge is -2.26. The van der Waals surface area contributed by atoms with Gasteiger partial charge in [-0.05, 0) is 32.4 Å². The van der Waals surface area contributed by atoms with E-state index in [2.05, 4.69) is 20.3 Å². The number of aliphatic imine (C=N–C) groups is 1. The van der Waals surface area contributed by atoms with Crippen LogP contribution < -0.4 is 15.4 Å². The summed E-state index contributed by atoms with van der Waals surface area (Å²) in [6, 6.07) is 3.70. The molecule has 3 N–H and O–H groups in total. The van der Waals surface area contributed by atoms with E-state index in [1.54, 1.807) is 27.2 Å². The van der Waals surface area contributed by atoms with E-state index >= 15 is 0 Å². The van der Waals surface area contributed by atoms with E-state index in [9.17, 15) is 8.42 Å². The molecule has 1 aromatic rings. The van der Waals surface area contributed by atoms with Crippen LogP contribution in [0.3, 0.4) is 0 Å². The van der Waals surface area contributed by atoms with Gasteiger partial charge in [0, 0.05) is 32.3 Å². The number of hydrogen-bond donors (Lipinski definition) is 3. The predicted molar refractivity (Wildman–Crippen MR) is 94.4 cm³/mol. The molecule has 0 saturated heterocycles. The van der Waals surface area contributed by atoms with E-state index in [0.717, 1.165) is 18.4 Å². The summed E-state index contributed by atoms with van der Waals surface area (Å²) >= 11 is 0. The molecule has 0 aromatic carbocycles. The van der Waals surface area contributed by atoms with E-state index in [4.69, 9.17) is 9.15 Å². The lowest BCUT2D eigenvalue weighted by Crippen LogP contribution is -2.53. The zero-order valence-electron chi connectivity index (χ0n) is 14.8. The Morgan fingerprint density at radius 1 is 1.38 bits per heavy atom. The van der Waals surface area contributed by atoms with Gasteiger partial charge in [0.15, 0.2) is 5.96 Å². The molecule has 0 aliphatic carbocycles. The molecule has 0 bridgehead atoms. The SMILES string of the molecule is CN=C(NCCCOCc1ccco1)NCC(C)(C)NS(C)(=O)=O. The molecule has 0 amide bonds. The van der Waals surface area contributed by atoms with Crippen LogP contribution in [-0.4, -0.2) is 52.9 Å². The van der Waals surface area contributed by atoms with Crippen LogP contribution in [0.4, 0.5) is 0 Å². The first-order valence-corrected chi connectivity index (χ1v) is 9.64. The maximum Gasteiger partial charge on any atom is 0.209 e. The minimum Gasteiger partial charge on any atom is -0.467 e.